The van der Waals surface area contributed by atoms with Crippen LogP contribution in [0.15, 0.2) is 18.2 Å². The number of carbonyl (C=O) groups excluding carboxylic acids is 2. The van der Waals surface area contributed by atoms with Crippen molar-refractivity contribution in [3.8, 4) is 0 Å². The molecule has 1 atom stereocenters. The molecule has 3 rings (SSSR count). The van der Waals surface area contributed by atoms with Crippen molar-refractivity contribution >= 4 is 17.4 Å². The van der Waals surface area contributed by atoms with Gasteiger partial charge in [0.1, 0.15) is 0 Å². The minimum Gasteiger partial charge on any atom is -0.374 e. The number of nitrogens with zero attached hydrogens (tertiary/aromatic N) is 2. The van der Waals surface area contributed by atoms with Crippen LogP contribution >= 0.6 is 0 Å². The first-order valence-corrected chi connectivity index (χ1v) is 7.41. The fraction of sp³-hybridized carbons (Fsp3) is 0.500. The molecule has 0 bridgehead atoms. The van der Waals surface area contributed by atoms with Gasteiger partial charge in [0.05, 0.1) is 30.5 Å². The van der Waals surface area contributed by atoms with Gasteiger partial charge in [-0.05, 0) is 25.1 Å². The number of ether oxygens (including phenoxy) is 1. The number of rotatable bonds is 3. The monoisotopic (exact) mass is 288 g/mol. The molecule has 0 N–H and O–H groups in total. The van der Waals surface area contributed by atoms with Crippen LogP contribution in [0.3, 0.4) is 0 Å². The fourth-order valence-electron chi connectivity index (χ4n) is 3.10. The summed E-state index contributed by atoms with van der Waals surface area (Å²) in [6, 6.07) is 5.47. The number of hydrogen-bond acceptors (Lipinski definition) is 4. The summed E-state index contributed by atoms with van der Waals surface area (Å²) in [5.41, 5.74) is 2.22. The highest BCUT2D eigenvalue weighted by atomic mass is 16.5. The van der Waals surface area contributed by atoms with Crippen LogP contribution < -0.4 is 4.90 Å². The molecule has 1 aromatic rings. The molecule has 1 saturated heterocycles. The second kappa shape index (κ2) is 5.58. The Bertz CT molecular complexity index is 585. The van der Waals surface area contributed by atoms with Gasteiger partial charge in [0.25, 0.3) is 11.7 Å². The van der Waals surface area contributed by atoms with Crippen molar-refractivity contribution < 1.29 is 14.3 Å². The molecule has 1 fully saturated rings. The lowest BCUT2D eigenvalue weighted by Crippen LogP contribution is -2.48. The lowest BCUT2D eigenvalue weighted by molar-refractivity contribution is -0.115. The lowest BCUT2D eigenvalue weighted by atomic mass is 10.1. The third-order valence-electron chi connectivity index (χ3n) is 4.25. The van der Waals surface area contributed by atoms with Crippen LogP contribution in [0.2, 0.25) is 0 Å². The number of carbonyl (C=O) groups is 2. The van der Waals surface area contributed by atoms with Gasteiger partial charge < -0.3 is 9.64 Å². The number of aryl methyl sites for hydroxylation is 1. The molecule has 1 unspecified atom stereocenters. The molecule has 1 amide bonds. The van der Waals surface area contributed by atoms with Crippen molar-refractivity contribution in [3.05, 3.63) is 29.3 Å². The Morgan fingerprint density at radius 3 is 2.90 bits per heavy atom. The Balaban J connectivity index is 1.83. The number of hydrogen-bond donors (Lipinski definition) is 0. The molecule has 0 aliphatic carbocycles. The number of amides is 1. The predicted octanol–water partition coefficient (Wildman–Crippen LogP) is 1.25. The van der Waals surface area contributed by atoms with Crippen LogP contribution in [0, 0.1) is 6.92 Å². The fourth-order valence-corrected chi connectivity index (χ4v) is 3.10. The first kappa shape index (κ1) is 14.2. The Labute approximate surface area is 124 Å². The number of para-hydroxylation sites is 1. The summed E-state index contributed by atoms with van der Waals surface area (Å²) in [4.78, 5) is 28.2. The SMILES string of the molecule is CCN1CCOC(CN2C(=O)C(=O)c3cccc(C)c32)C1. The smallest absolute Gasteiger partial charge is 0.299 e. The van der Waals surface area contributed by atoms with Gasteiger partial charge >= 0.3 is 0 Å². The molecule has 5 nitrogen and oxygen atoms in total. The van der Waals surface area contributed by atoms with E-state index in [0.717, 1.165) is 30.9 Å². The largest absolute Gasteiger partial charge is 0.374 e. The summed E-state index contributed by atoms with van der Waals surface area (Å²) in [5.74, 6) is -0.839. The number of likely N-dealkylation sites (N-methyl/N-ethyl adjacent to an activating group) is 1. The molecular weight excluding hydrogens is 268 g/mol. The molecule has 0 spiro atoms. The van der Waals surface area contributed by atoms with Crippen molar-refractivity contribution in [2.75, 3.05) is 37.7 Å². The van der Waals surface area contributed by atoms with Crippen LogP contribution in [0.5, 0.6) is 0 Å². The van der Waals surface area contributed by atoms with Crippen molar-refractivity contribution in [3.63, 3.8) is 0 Å². The van der Waals surface area contributed by atoms with Crippen LogP contribution in [-0.2, 0) is 9.53 Å². The Morgan fingerprint density at radius 2 is 2.14 bits per heavy atom. The summed E-state index contributed by atoms with van der Waals surface area (Å²) in [6.45, 7) is 7.87. The second-order valence-electron chi connectivity index (χ2n) is 5.60. The van der Waals surface area contributed by atoms with Gasteiger partial charge in [-0.3, -0.25) is 14.5 Å². The minimum atomic E-state index is -0.434. The Morgan fingerprint density at radius 1 is 1.33 bits per heavy atom. The highest BCUT2D eigenvalue weighted by molar-refractivity contribution is 6.52. The normalized spacial score (nSPS) is 22.8. The van der Waals surface area contributed by atoms with Crippen LogP contribution in [0.25, 0.3) is 0 Å². The lowest BCUT2D eigenvalue weighted by Gasteiger charge is -2.34. The molecule has 2 heterocycles. The first-order chi connectivity index (χ1) is 10.1. The average molecular weight is 288 g/mol. The summed E-state index contributed by atoms with van der Waals surface area (Å²) >= 11 is 0. The van der Waals surface area contributed by atoms with E-state index < -0.39 is 11.7 Å². The third kappa shape index (κ3) is 2.47. The van der Waals surface area contributed by atoms with Crippen molar-refractivity contribution in [2.45, 2.75) is 20.0 Å². The minimum absolute atomic E-state index is 0.0407. The van der Waals surface area contributed by atoms with E-state index in [-0.39, 0.29) is 6.10 Å². The number of anilines is 1. The van der Waals surface area contributed by atoms with Gasteiger partial charge in [-0.25, -0.2) is 0 Å². The highest BCUT2D eigenvalue weighted by Crippen LogP contribution is 2.32. The molecule has 5 heteroatoms. The maximum Gasteiger partial charge on any atom is 0.299 e. The Kier molecular flexibility index (Phi) is 3.78. The second-order valence-corrected chi connectivity index (χ2v) is 5.60. The standard InChI is InChI=1S/C16H20N2O3/c1-3-17-7-8-21-12(9-17)10-18-14-11(2)5-4-6-13(14)15(19)16(18)20/h4-6,12H,3,7-10H2,1-2H3. The van der Waals surface area contributed by atoms with E-state index in [2.05, 4.69) is 11.8 Å². The van der Waals surface area contributed by atoms with E-state index in [4.69, 9.17) is 4.74 Å². The Hall–Kier alpha value is -1.72. The van der Waals surface area contributed by atoms with Gasteiger partial charge in [0, 0.05) is 13.1 Å². The van der Waals surface area contributed by atoms with E-state index in [0.29, 0.717) is 18.7 Å². The van der Waals surface area contributed by atoms with Crippen molar-refractivity contribution in [1.29, 1.82) is 0 Å². The average Bonchev–Trinajstić information content (AvgIpc) is 2.74. The zero-order chi connectivity index (χ0) is 15.0. The summed E-state index contributed by atoms with van der Waals surface area (Å²) < 4.78 is 5.76. The van der Waals surface area contributed by atoms with Gasteiger partial charge in [-0.15, -0.1) is 0 Å². The number of ketones is 1. The highest BCUT2D eigenvalue weighted by Gasteiger charge is 2.38. The molecular formula is C16H20N2O3. The molecule has 2 aliphatic rings. The zero-order valence-electron chi connectivity index (χ0n) is 12.5. The van der Waals surface area contributed by atoms with Gasteiger partial charge in [0.2, 0.25) is 0 Å². The number of morpholine rings is 1. The van der Waals surface area contributed by atoms with Crippen LogP contribution in [0.4, 0.5) is 5.69 Å². The molecule has 2 aliphatic heterocycles. The van der Waals surface area contributed by atoms with E-state index in [1.165, 1.54) is 0 Å². The topological polar surface area (TPSA) is 49.9 Å². The molecule has 21 heavy (non-hydrogen) atoms. The molecule has 0 radical (unpaired) electrons. The van der Waals surface area contributed by atoms with Crippen molar-refractivity contribution in [2.24, 2.45) is 0 Å². The van der Waals surface area contributed by atoms with E-state index in [1.54, 1.807) is 11.0 Å². The van der Waals surface area contributed by atoms with Crippen molar-refractivity contribution in [1.82, 2.24) is 4.90 Å². The summed E-state index contributed by atoms with van der Waals surface area (Å²) in [7, 11) is 0. The predicted molar refractivity (Wildman–Crippen MR) is 79.7 cm³/mol. The van der Waals surface area contributed by atoms with Crippen LogP contribution in [-0.4, -0.2) is 55.5 Å². The third-order valence-corrected chi connectivity index (χ3v) is 4.25. The molecule has 112 valence electrons. The van der Waals surface area contributed by atoms with Gasteiger partial charge in [0.15, 0.2) is 0 Å². The van der Waals surface area contributed by atoms with E-state index in [9.17, 15) is 9.59 Å². The quantitative estimate of drug-likeness (QED) is 0.785. The zero-order valence-corrected chi connectivity index (χ0v) is 12.5. The van der Waals surface area contributed by atoms with Crippen LogP contribution in [0.1, 0.15) is 22.8 Å². The molecule has 0 aromatic heterocycles. The first-order valence-electron chi connectivity index (χ1n) is 7.41. The summed E-state index contributed by atoms with van der Waals surface area (Å²) in [5, 5.41) is 0. The maximum atomic E-state index is 12.2. The maximum absolute atomic E-state index is 12.2. The number of fused-ring (bicyclic) bond motifs is 1. The van der Waals surface area contributed by atoms with E-state index in [1.807, 2.05) is 19.1 Å². The number of Topliss-reactive ketones (excluding diaryl/α,β-unsaturated/α-hetero) is 1. The molecule has 1 aromatic carbocycles. The van der Waals surface area contributed by atoms with Gasteiger partial charge in [-0.1, -0.05) is 19.1 Å². The summed E-state index contributed by atoms with van der Waals surface area (Å²) in [6.07, 6.45) is -0.0407. The molecule has 0 saturated carbocycles. The van der Waals surface area contributed by atoms with Gasteiger partial charge in [-0.2, -0.15) is 0 Å². The number of benzene rings is 1. The van der Waals surface area contributed by atoms with E-state index >= 15 is 0 Å².